The third-order valence-corrected chi connectivity index (χ3v) is 3.36. The van der Waals surface area contributed by atoms with E-state index in [1.807, 2.05) is 7.05 Å². The molecule has 0 spiro atoms. The fraction of sp³-hybridized carbons (Fsp3) is 0.714. The van der Waals surface area contributed by atoms with E-state index in [4.69, 9.17) is 0 Å². The molecule has 0 bridgehead atoms. The number of anilines is 2. The lowest BCUT2D eigenvalue weighted by Gasteiger charge is -2.24. The zero-order chi connectivity index (χ0) is 13.7. The molecule has 0 aliphatic heterocycles. The van der Waals surface area contributed by atoms with E-state index in [1.54, 1.807) is 0 Å². The van der Waals surface area contributed by atoms with Crippen molar-refractivity contribution in [3.63, 3.8) is 0 Å². The van der Waals surface area contributed by atoms with Gasteiger partial charge >= 0.3 is 0 Å². The SMILES string of the molecule is CCc1nc(NC)c(C)c(N(C)CC(C)CC)n1. The van der Waals surface area contributed by atoms with Crippen molar-refractivity contribution in [2.45, 2.75) is 40.5 Å². The molecule has 0 aliphatic carbocycles. The molecule has 0 saturated carbocycles. The fourth-order valence-corrected chi connectivity index (χ4v) is 2.01. The summed E-state index contributed by atoms with van der Waals surface area (Å²) in [6.45, 7) is 9.69. The third kappa shape index (κ3) is 3.34. The minimum atomic E-state index is 0.674. The van der Waals surface area contributed by atoms with Gasteiger partial charge in [0, 0.05) is 32.6 Å². The Balaban J connectivity index is 3.06. The highest BCUT2D eigenvalue weighted by Gasteiger charge is 2.14. The summed E-state index contributed by atoms with van der Waals surface area (Å²) in [6.07, 6.45) is 2.05. The highest BCUT2D eigenvalue weighted by Crippen LogP contribution is 2.23. The number of nitrogens with zero attached hydrogens (tertiary/aromatic N) is 3. The van der Waals surface area contributed by atoms with Crippen LogP contribution in [0, 0.1) is 12.8 Å². The molecule has 1 heterocycles. The van der Waals surface area contributed by atoms with E-state index >= 15 is 0 Å². The largest absolute Gasteiger partial charge is 0.373 e. The highest BCUT2D eigenvalue weighted by molar-refractivity contribution is 5.58. The summed E-state index contributed by atoms with van der Waals surface area (Å²) in [7, 11) is 4.02. The molecule has 4 heteroatoms. The van der Waals surface area contributed by atoms with Gasteiger partial charge in [-0.15, -0.1) is 0 Å². The summed E-state index contributed by atoms with van der Waals surface area (Å²) in [4.78, 5) is 11.4. The second-order valence-corrected chi connectivity index (χ2v) is 4.93. The van der Waals surface area contributed by atoms with Crippen LogP contribution in [-0.4, -0.2) is 30.6 Å². The van der Waals surface area contributed by atoms with Gasteiger partial charge in [-0.3, -0.25) is 0 Å². The molecule has 1 aromatic rings. The predicted molar refractivity (Wildman–Crippen MR) is 78.4 cm³/mol. The molecule has 0 fully saturated rings. The number of nitrogens with one attached hydrogen (secondary N) is 1. The molecule has 0 aromatic carbocycles. The van der Waals surface area contributed by atoms with Crippen LogP contribution in [0.15, 0.2) is 0 Å². The first-order valence-corrected chi connectivity index (χ1v) is 6.79. The minimum absolute atomic E-state index is 0.674. The molecule has 1 unspecified atom stereocenters. The smallest absolute Gasteiger partial charge is 0.137 e. The summed E-state index contributed by atoms with van der Waals surface area (Å²) >= 11 is 0. The van der Waals surface area contributed by atoms with Gasteiger partial charge in [0.15, 0.2) is 0 Å². The minimum Gasteiger partial charge on any atom is -0.373 e. The van der Waals surface area contributed by atoms with Crippen molar-refractivity contribution in [1.82, 2.24) is 9.97 Å². The lowest BCUT2D eigenvalue weighted by molar-refractivity contribution is 0.556. The molecule has 0 radical (unpaired) electrons. The summed E-state index contributed by atoms with van der Waals surface area (Å²) < 4.78 is 0. The van der Waals surface area contributed by atoms with Crippen molar-refractivity contribution in [3.05, 3.63) is 11.4 Å². The van der Waals surface area contributed by atoms with E-state index in [9.17, 15) is 0 Å². The van der Waals surface area contributed by atoms with Crippen molar-refractivity contribution >= 4 is 11.6 Å². The summed E-state index contributed by atoms with van der Waals surface area (Å²) in [6, 6.07) is 0. The average molecular weight is 250 g/mol. The zero-order valence-corrected chi connectivity index (χ0v) is 12.5. The van der Waals surface area contributed by atoms with Crippen LogP contribution in [0.2, 0.25) is 0 Å². The Morgan fingerprint density at radius 2 is 1.94 bits per heavy atom. The number of aryl methyl sites for hydroxylation is 1. The summed E-state index contributed by atoms with van der Waals surface area (Å²) in [5.74, 6) is 3.56. The van der Waals surface area contributed by atoms with Gasteiger partial charge in [-0.2, -0.15) is 0 Å². The quantitative estimate of drug-likeness (QED) is 0.843. The first-order valence-electron chi connectivity index (χ1n) is 6.79. The number of hydrogen-bond acceptors (Lipinski definition) is 4. The molecule has 1 rings (SSSR count). The summed E-state index contributed by atoms with van der Waals surface area (Å²) in [5, 5.41) is 3.15. The van der Waals surface area contributed by atoms with Gasteiger partial charge < -0.3 is 10.2 Å². The maximum absolute atomic E-state index is 4.66. The monoisotopic (exact) mass is 250 g/mol. The van der Waals surface area contributed by atoms with E-state index in [0.717, 1.165) is 36.0 Å². The second kappa shape index (κ2) is 6.57. The van der Waals surface area contributed by atoms with Gasteiger partial charge in [0.05, 0.1) is 0 Å². The standard InChI is InChI=1S/C14H26N4/c1-7-10(3)9-18(6)14-11(4)13(15-5)16-12(8-2)17-14/h10H,7-9H2,1-6H3,(H,15,16,17). The Morgan fingerprint density at radius 3 is 2.44 bits per heavy atom. The highest BCUT2D eigenvalue weighted by atomic mass is 15.2. The van der Waals surface area contributed by atoms with Crippen LogP contribution >= 0.6 is 0 Å². The fourth-order valence-electron chi connectivity index (χ4n) is 2.01. The topological polar surface area (TPSA) is 41.1 Å². The first-order chi connectivity index (χ1) is 8.53. The van der Waals surface area contributed by atoms with Crippen molar-refractivity contribution in [2.75, 3.05) is 30.9 Å². The van der Waals surface area contributed by atoms with Gasteiger partial charge in [-0.1, -0.05) is 27.2 Å². The van der Waals surface area contributed by atoms with Crippen LogP contribution in [0.3, 0.4) is 0 Å². The molecule has 1 N–H and O–H groups in total. The van der Waals surface area contributed by atoms with Gasteiger partial charge in [0.1, 0.15) is 17.5 Å². The van der Waals surface area contributed by atoms with Gasteiger partial charge in [-0.05, 0) is 12.8 Å². The summed E-state index contributed by atoms with van der Waals surface area (Å²) in [5.41, 5.74) is 1.13. The van der Waals surface area contributed by atoms with E-state index in [1.165, 1.54) is 6.42 Å². The molecule has 1 aromatic heterocycles. The second-order valence-electron chi connectivity index (χ2n) is 4.93. The number of rotatable bonds is 6. The zero-order valence-electron chi connectivity index (χ0n) is 12.5. The molecule has 1 atom stereocenters. The Morgan fingerprint density at radius 1 is 1.28 bits per heavy atom. The van der Waals surface area contributed by atoms with Gasteiger partial charge in [0.2, 0.25) is 0 Å². The predicted octanol–water partition coefficient (Wildman–Crippen LogP) is 2.87. The Kier molecular flexibility index (Phi) is 5.38. The van der Waals surface area contributed by atoms with E-state index in [0.29, 0.717) is 5.92 Å². The third-order valence-electron chi connectivity index (χ3n) is 3.36. The molecule has 4 nitrogen and oxygen atoms in total. The molecule has 0 aliphatic rings. The molecule has 18 heavy (non-hydrogen) atoms. The Hall–Kier alpha value is -1.32. The van der Waals surface area contributed by atoms with Crippen LogP contribution in [0.1, 0.15) is 38.6 Å². The lowest BCUT2D eigenvalue weighted by Crippen LogP contribution is -2.26. The van der Waals surface area contributed by atoms with E-state index in [2.05, 4.69) is 54.9 Å². The molecular weight excluding hydrogens is 224 g/mol. The van der Waals surface area contributed by atoms with Crippen LogP contribution in [0.5, 0.6) is 0 Å². The van der Waals surface area contributed by atoms with Crippen molar-refractivity contribution in [2.24, 2.45) is 5.92 Å². The van der Waals surface area contributed by atoms with Crippen LogP contribution in [-0.2, 0) is 6.42 Å². The maximum atomic E-state index is 4.66. The molecular formula is C14H26N4. The van der Waals surface area contributed by atoms with Gasteiger partial charge in [0.25, 0.3) is 0 Å². The molecule has 102 valence electrons. The van der Waals surface area contributed by atoms with Crippen LogP contribution in [0.25, 0.3) is 0 Å². The number of hydrogen-bond donors (Lipinski definition) is 1. The van der Waals surface area contributed by atoms with Crippen molar-refractivity contribution < 1.29 is 0 Å². The van der Waals surface area contributed by atoms with Gasteiger partial charge in [-0.25, -0.2) is 9.97 Å². The first kappa shape index (κ1) is 14.7. The number of aromatic nitrogens is 2. The maximum Gasteiger partial charge on any atom is 0.137 e. The average Bonchev–Trinajstić information content (AvgIpc) is 2.38. The molecule has 0 amide bonds. The van der Waals surface area contributed by atoms with E-state index < -0.39 is 0 Å². The van der Waals surface area contributed by atoms with Crippen molar-refractivity contribution in [3.8, 4) is 0 Å². The Labute approximate surface area is 111 Å². The molecule has 0 saturated heterocycles. The van der Waals surface area contributed by atoms with Crippen molar-refractivity contribution in [1.29, 1.82) is 0 Å². The van der Waals surface area contributed by atoms with E-state index in [-0.39, 0.29) is 0 Å². The van der Waals surface area contributed by atoms with Crippen LogP contribution < -0.4 is 10.2 Å². The van der Waals surface area contributed by atoms with Crippen LogP contribution in [0.4, 0.5) is 11.6 Å². The normalized spacial score (nSPS) is 12.3. The Bertz CT molecular complexity index is 390. The lowest BCUT2D eigenvalue weighted by atomic mass is 10.1.